The van der Waals surface area contributed by atoms with Crippen LogP contribution >= 0.6 is 0 Å². The lowest BCUT2D eigenvalue weighted by Crippen LogP contribution is -2.31. The molecule has 132 valence electrons. The molecule has 0 bridgehead atoms. The minimum absolute atomic E-state index is 0.137. The number of amides is 1. The van der Waals surface area contributed by atoms with Crippen LogP contribution in [0.15, 0.2) is 36.4 Å². The van der Waals surface area contributed by atoms with Gasteiger partial charge in [0, 0.05) is 18.5 Å². The molecule has 1 amide bonds. The Morgan fingerprint density at radius 1 is 1.23 bits per heavy atom. The van der Waals surface area contributed by atoms with Crippen molar-refractivity contribution in [3.63, 3.8) is 0 Å². The number of nitrogens with zero attached hydrogens (tertiary/aromatic N) is 3. The summed E-state index contributed by atoms with van der Waals surface area (Å²) in [6.07, 6.45) is 0.688. The summed E-state index contributed by atoms with van der Waals surface area (Å²) in [7, 11) is 0. The summed E-state index contributed by atoms with van der Waals surface area (Å²) in [6.45, 7) is 4.11. The highest BCUT2D eigenvalue weighted by molar-refractivity contribution is 5.95. The predicted octanol–water partition coefficient (Wildman–Crippen LogP) is 2.35. The van der Waals surface area contributed by atoms with Gasteiger partial charge in [-0.3, -0.25) is 4.79 Å². The Kier molecular flexibility index (Phi) is 4.12. The maximum atomic E-state index is 12.5. The third-order valence-electron chi connectivity index (χ3n) is 4.62. The van der Waals surface area contributed by atoms with Gasteiger partial charge >= 0.3 is 0 Å². The molecule has 26 heavy (non-hydrogen) atoms. The number of benzene rings is 2. The lowest BCUT2D eigenvalue weighted by Gasteiger charge is -2.12. The van der Waals surface area contributed by atoms with Crippen LogP contribution < -0.4 is 10.1 Å². The minimum atomic E-state index is -0.495. The van der Waals surface area contributed by atoms with Crippen LogP contribution in [0, 0.1) is 13.8 Å². The molecule has 7 nitrogen and oxygen atoms in total. The van der Waals surface area contributed by atoms with Crippen LogP contribution in [0.25, 0.3) is 0 Å². The van der Waals surface area contributed by atoms with E-state index in [1.54, 1.807) is 0 Å². The molecule has 2 N–H and O–H groups in total. The van der Waals surface area contributed by atoms with Crippen LogP contribution in [-0.4, -0.2) is 32.6 Å². The van der Waals surface area contributed by atoms with Crippen molar-refractivity contribution >= 4 is 11.6 Å². The van der Waals surface area contributed by atoms with Crippen molar-refractivity contribution in [3.8, 4) is 5.75 Å². The SMILES string of the molecule is Cc1cc2c(cc1C)O[C@@H](C(=O)Nc1ccc(Cc3nn[nH]n3)cc1)C2. The number of H-pyrrole nitrogens is 1. The van der Waals surface area contributed by atoms with E-state index in [2.05, 4.69) is 38.9 Å². The van der Waals surface area contributed by atoms with E-state index in [1.807, 2.05) is 37.3 Å². The zero-order valence-corrected chi connectivity index (χ0v) is 14.6. The fraction of sp³-hybridized carbons (Fsp3) is 0.263. The Hall–Kier alpha value is -3.22. The second-order valence-electron chi connectivity index (χ2n) is 6.55. The van der Waals surface area contributed by atoms with E-state index in [0.29, 0.717) is 18.7 Å². The number of aromatic amines is 1. The van der Waals surface area contributed by atoms with Gasteiger partial charge in [-0.25, -0.2) is 0 Å². The molecule has 1 aliphatic rings. The number of ether oxygens (including phenoxy) is 1. The number of nitrogens with one attached hydrogen (secondary N) is 2. The van der Waals surface area contributed by atoms with E-state index in [0.717, 1.165) is 22.6 Å². The van der Waals surface area contributed by atoms with Crippen LogP contribution in [0.4, 0.5) is 5.69 Å². The Morgan fingerprint density at radius 3 is 2.73 bits per heavy atom. The van der Waals surface area contributed by atoms with E-state index in [-0.39, 0.29) is 5.91 Å². The first kappa shape index (κ1) is 16.3. The molecule has 0 fully saturated rings. The molecule has 7 heteroatoms. The van der Waals surface area contributed by atoms with E-state index < -0.39 is 6.10 Å². The van der Waals surface area contributed by atoms with Crippen molar-refractivity contribution in [3.05, 3.63) is 64.5 Å². The molecular weight excluding hydrogens is 330 g/mol. The van der Waals surface area contributed by atoms with Gasteiger partial charge in [0.05, 0.1) is 0 Å². The molecule has 1 aromatic heterocycles. The van der Waals surface area contributed by atoms with E-state index in [4.69, 9.17) is 4.74 Å². The number of rotatable bonds is 4. The summed E-state index contributed by atoms with van der Waals surface area (Å²) < 4.78 is 5.83. The molecular formula is C19H19N5O2. The minimum Gasteiger partial charge on any atom is -0.480 e. The Labute approximate surface area is 150 Å². The largest absolute Gasteiger partial charge is 0.480 e. The average Bonchev–Trinajstić information content (AvgIpc) is 3.27. The predicted molar refractivity (Wildman–Crippen MR) is 96.1 cm³/mol. The molecule has 2 aromatic carbocycles. The monoisotopic (exact) mass is 349 g/mol. The fourth-order valence-corrected chi connectivity index (χ4v) is 3.03. The maximum Gasteiger partial charge on any atom is 0.265 e. The fourth-order valence-electron chi connectivity index (χ4n) is 3.03. The number of anilines is 1. The molecule has 1 atom stereocenters. The second kappa shape index (κ2) is 6.59. The van der Waals surface area contributed by atoms with Crippen molar-refractivity contribution in [2.75, 3.05) is 5.32 Å². The van der Waals surface area contributed by atoms with Crippen LogP contribution in [0.3, 0.4) is 0 Å². The van der Waals surface area contributed by atoms with Gasteiger partial charge in [0.15, 0.2) is 11.9 Å². The van der Waals surface area contributed by atoms with Gasteiger partial charge in [-0.05, 0) is 54.3 Å². The molecule has 0 spiro atoms. The molecule has 0 saturated carbocycles. The second-order valence-corrected chi connectivity index (χ2v) is 6.55. The molecule has 0 saturated heterocycles. The summed E-state index contributed by atoms with van der Waals surface area (Å²) in [6, 6.07) is 11.7. The normalized spacial score (nSPS) is 15.4. The van der Waals surface area contributed by atoms with Crippen molar-refractivity contribution < 1.29 is 9.53 Å². The van der Waals surface area contributed by atoms with Crippen molar-refractivity contribution in [2.24, 2.45) is 0 Å². The van der Waals surface area contributed by atoms with Gasteiger partial charge in [0.25, 0.3) is 5.91 Å². The summed E-state index contributed by atoms with van der Waals surface area (Å²) in [5.74, 6) is 1.30. The molecule has 0 aliphatic carbocycles. The third-order valence-corrected chi connectivity index (χ3v) is 4.62. The number of hydrogen-bond donors (Lipinski definition) is 2. The van der Waals surface area contributed by atoms with Gasteiger partial charge in [0.1, 0.15) is 5.75 Å². The highest BCUT2D eigenvalue weighted by atomic mass is 16.5. The van der Waals surface area contributed by atoms with Crippen molar-refractivity contribution in [1.29, 1.82) is 0 Å². The molecule has 2 heterocycles. The Balaban J connectivity index is 1.39. The van der Waals surface area contributed by atoms with Crippen LogP contribution in [0.2, 0.25) is 0 Å². The quantitative estimate of drug-likeness (QED) is 0.754. The lowest BCUT2D eigenvalue weighted by molar-refractivity contribution is -0.122. The standard InChI is InChI=1S/C19H19N5O2/c1-11-7-14-10-17(26-16(14)8-12(11)2)19(25)20-15-5-3-13(4-6-15)9-18-21-23-24-22-18/h3-8,17H,9-10H2,1-2H3,(H,20,25)(H,21,22,23,24)/t17-/m1/s1. The Bertz CT molecular complexity index is 904. The van der Waals surface area contributed by atoms with Crippen molar-refractivity contribution in [1.82, 2.24) is 20.6 Å². The first-order valence-corrected chi connectivity index (χ1v) is 8.47. The number of carbonyl (C=O) groups excluding carboxylic acids is 1. The molecule has 3 aromatic rings. The number of aromatic nitrogens is 4. The van der Waals surface area contributed by atoms with Gasteiger partial charge in [-0.15, -0.1) is 10.2 Å². The zero-order chi connectivity index (χ0) is 18.1. The average molecular weight is 349 g/mol. The van der Waals surface area contributed by atoms with Crippen LogP contribution in [0.1, 0.15) is 28.1 Å². The number of carbonyl (C=O) groups is 1. The molecule has 0 unspecified atom stereocenters. The van der Waals surface area contributed by atoms with E-state index in [9.17, 15) is 4.79 Å². The summed E-state index contributed by atoms with van der Waals surface area (Å²) in [5, 5.41) is 16.8. The first-order chi connectivity index (χ1) is 12.6. The number of tetrazole rings is 1. The van der Waals surface area contributed by atoms with Gasteiger partial charge in [-0.2, -0.15) is 5.21 Å². The molecule has 0 radical (unpaired) electrons. The number of hydrogen-bond acceptors (Lipinski definition) is 5. The number of fused-ring (bicyclic) bond motifs is 1. The Morgan fingerprint density at radius 2 is 2.00 bits per heavy atom. The van der Waals surface area contributed by atoms with Crippen LogP contribution in [0.5, 0.6) is 5.75 Å². The molecule has 4 rings (SSSR count). The first-order valence-electron chi connectivity index (χ1n) is 8.47. The summed E-state index contributed by atoms with van der Waals surface area (Å²) in [5.41, 5.74) is 5.25. The third kappa shape index (κ3) is 3.28. The van der Waals surface area contributed by atoms with Gasteiger partial charge in [0.2, 0.25) is 0 Å². The lowest BCUT2D eigenvalue weighted by atomic mass is 10.0. The van der Waals surface area contributed by atoms with E-state index >= 15 is 0 Å². The van der Waals surface area contributed by atoms with Gasteiger partial charge in [-0.1, -0.05) is 23.4 Å². The highest BCUT2D eigenvalue weighted by Crippen LogP contribution is 2.31. The van der Waals surface area contributed by atoms with Crippen molar-refractivity contribution in [2.45, 2.75) is 32.8 Å². The van der Waals surface area contributed by atoms with Crippen LogP contribution in [-0.2, 0) is 17.6 Å². The smallest absolute Gasteiger partial charge is 0.265 e. The summed E-state index contributed by atoms with van der Waals surface area (Å²) >= 11 is 0. The van der Waals surface area contributed by atoms with Gasteiger partial charge < -0.3 is 10.1 Å². The summed E-state index contributed by atoms with van der Waals surface area (Å²) in [4.78, 5) is 12.5. The zero-order valence-electron chi connectivity index (χ0n) is 14.6. The molecule has 1 aliphatic heterocycles. The topological polar surface area (TPSA) is 92.8 Å². The maximum absolute atomic E-state index is 12.5. The highest BCUT2D eigenvalue weighted by Gasteiger charge is 2.29. The number of aryl methyl sites for hydroxylation is 2. The van der Waals surface area contributed by atoms with E-state index in [1.165, 1.54) is 11.1 Å².